The Morgan fingerprint density at radius 3 is 2.03 bits per heavy atom. The van der Waals surface area contributed by atoms with Crippen molar-refractivity contribution in [3.8, 4) is 0 Å². The van der Waals surface area contributed by atoms with Gasteiger partial charge in [-0.2, -0.15) is 0 Å². The molecule has 1 aliphatic heterocycles. The quantitative estimate of drug-likeness (QED) is 0.681. The average Bonchev–Trinajstić information content (AvgIpc) is 2.76. The van der Waals surface area contributed by atoms with E-state index < -0.39 is 0 Å². The Morgan fingerprint density at radius 2 is 1.52 bits per heavy atom. The number of piperazine rings is 1. The van der Waals surface area contributed by atoms with Crippen molar-refractivity contribution in [3.05, 3.63) is 71.0 Å². The van der Waals surface area contributed by atoms with Crippen molar-refractivity contribution in [1.82, 2.24) is 15.1 Å². The van der Waals surface area contributed by atoms with Crippen LogP contribution in [0.25, 0.3) is 0 Å². The summed E-state index contributed by atoms with van der Waals surface area (Å²) in [4.78, 5) is 17.5. The number of nitrogens with zero attached hydrogens (tertiary/aromatic N) is 2. The van der Waals surface area contributed by atoms with E-state index in [2.05, 4.69) is 55.3 Å². The maximum atomic E-state index is 13.6. The molecule has 1 saturated heterocycles. The predicted octanol–water partition coefficient (Wildman–Crippen LogP) is 4.39. The lowest BCUT2D eigenvalue weighted by Gasteiger charge is -2.41. The summed E-state index contributed by atoms with van der Waals surface area (Å²) in [7, 11) is 0. The van der Waals surface area contributed by atoms with Crippen molar-refractivity contribution in [2.75, 3.05) is 32.7 Å². The van der Waals surface area contributed by atoms with E-state index in [-0.39, 0.29) is 23.8 Å². The SMILES string of the molecule is CCNC(CC(C)C)C(=O)N1CCN(C(c2ccc(C)cc2)c2ccc(F)cc2)CC1. The van der Waals surface area contributed by atoms with E-state index in [1.165, 1.54) is 23.3 Å². The monoisotopic (exact) mass is 425 g/mol. The zero-order chi connectivity index (χ0) is 22.4. The molecule has 0 saturated carbocycles. The van der Waals surface area contributed by atoms with Crippen LogP contribution in [0, 0.1) is 18.7 Å². The first kappa shape index (κ1) is 23.4. The summed E-state index contributed by atoms with van der Waals surface area (Å²) in [5.74, 6) is 0.462. The highest BCUT2D eigenvalue weighted by molar-refractivity contribution is 5.82. The molecule has 1 N–H and O–H groups in total. The van der Waals surface area contributed by atoms with Crippen molar-refractivity contribution in [2.24, 2.45) is 5.92 Å². The van der Waals surface area contributed by atoms with Gasteiger partial charge in [0.1, 0.15) is 5.82 Å². The highest BCUT2D eigenvalue weighted by atomic mass is 19.1. The third-order valence-corrected chi connectivity index (χ3v) is 6.03. The molecule has 4 nitrogen and oxygen atoms in total. The highest BCUT2D eigenvalue weighted by Gasteiger charge is 2.31. The minimum Gasteiger partial charge on any atom is -0.339 e. The van der Waals surface area contributed by atoms with E-state index in [1.54, 1.807) is 0 Å². The first-order valence-corrected chi connectivity index (χ1v) is 11.5. The number of halogens is 1. The fourth-order valence-electron chi connectivity index (χ4n) is 4.42. The largest absolute Gasteiger partial charge is 0.339 e. The van der Waals surface area contributed by atoms with Gasteiger partial charge in [0.2, 0.25) is 5.91 Å². The summed E-state index contributed by atoms with van der Waals surface area (Å²) in [6.07, 6.45) is 0.856. The molecular formula is C26H36FN3O. The van der Waals surface area contributed by atoms with Crippen molar-refractivity contribution >= 4 is 5.91 Å². The lowest BCUT2D eigenvalue weighted by atomic mass is 9.95. The van der Waals surface area contributed by atoms with Gasteiger partial charge >= 0.3 is 0 Å². The number of hydrogen-bond donors (Lipinski definition) is 1. The smallest absolute Gasteiger partial charge is 0.239 e. The summed E-state index contributed by atoms with van der Waals surface area (Å²) < 4.78 is 13.6. The highest BCUT2D eigenvalue weighted by Crippen LogP contribution is 2.30. The second-order valence-electron chi connectivity index (χ2n) is 8.97. The molecule has 2 aromatic carbocycles. The normalized spacial score (nSPS) is 17.0. The van der Waals surface area contributed by atoms with E-state index in [4.69, 9.17) is 0 Å². The van der Waals surface area contributed by atoms with Crippen LogP contribution in [0.15, 0.2) is 48.5 Å². The standard InChI is InChI=1S/C26H36FN3O/c1-5-28-24(18-19(2)3)26(31)30-16-14-29(15-17-30)25(21-8-6-20(4)7-9-21)22-10-12-23(27)13-11-22/h6-13,19,24-25,28H,5,14-18H2,1-4H3. The molecule has 1 fully saturated rings. The lowest BCUT2D eigenvalue weighted by Crippen LogP contribution is -2.55. The molecule has 5 heteroatoms. The third-order valence-electron chi connectivity index (χ3n) is 6.03. The number of carbonyl (C=O) groups excluding carboxylic acids is 1. The van der Waals surface area contributed by atoms with Gasteiger partial charge in [0.25, 0.3) is 0 Å². The van der Waals surface area contributed by atoms with E-state index in [0.29, 0.717) is 19.0 Å². The van der Waals surface area contributed by atoms with Gasteiger partial charge in [-0.3, -0.25) is 9.69 Å². The molecule has 1 aliphatic rings. The first-order chi connectivity index (χ1) is 14.9. The van der Waals surface area contributed by atoms with Gasteiger partial charge in [-0.05, 0) is 49.1 Å². The summed E-state index contributed by atoms with van der Waals surface area (Å²) in [6, 6.07) is 15.3. The predicted molar refractivity (Wildman–Crippen MR) is 124 cm³/mol. The summed E-state index contributed by atoms with van der Waals surface area (Å²) in [5, 5.41) is 3.37. The van der Waals surface area contributed by atoms with Crippen LogP contribution in [0.3, 0.4) is 0 Å². The van der Waals surface area contributed by atoms with Gasteiger partial charge in [0.15, 0.2) is 0 Å². The zero-order valence-electron chi connectivity index (χ0n) is 19.3. The topological polar surface area (TPSA) is 35.6 Å². The Kier molecular flexibility index (Phi) is 8.22. The number of benzene rings is 2. The number of amides is 1. The molecule has 0 aliphatic carbocycles. The van der Waals surface area contributed by atoms with Crippen LogP contribution < -0.4 is 5.32 Å². The van der Waals surface area contributed by atoms with Gasteiger partial charge in [-0.15, -0.1) is 0 Å². The Balaban J connectivity index is 1.75. The van der Waals surface area contributed by atoms with Crippen LogP contribution >= 0.6 is 0 Å². The molecule has 0 bridgehead atoms. The fraction of sp³-hybridized carbons (Fsp3) is 0.500. The van der Waals surface area contributed by atoms with Crippen molar-refractivity contribution in [3.63, 3.8) is 0 Å². The first-order valence-electron chi connectivity index (χ1n) is 11.5. The molecule has 2 atom stereocenters. The van der Waals surface area contributed by atoms with Crippen LogP contribution in [-0.2, 0) is 4.79 Å². The number of hydrogen-bond acceptors (Lipinski definition) is 3. The Labute approximate surface area is 186 Å². The maximum absolute atomic E-state index is 13.6. The Bertz CT molecular complexity index is 781. The van der Waals surface area contributed by atoms with Crippen LogP contribution in [0.1, 0.15) is 49.9 Å². The second-order valence-corrected chi connectivity index (χ2v) is 8.97. The minimum absolute atomic E-state index is 0.0543. The fourth-order valence-corrected chi connectivity index (χ4v) is 4.42. The van der Waals surface area contributed by atoms with E-state index >= 15 is 0 Å². The van der Waals surface area contributed by atoms with Crippen LogP contribution in [0.4, 0.5) is 4.39 Å². The van der Waals surface area contributed by atoms with Gasteiger partial charge in [0.05, 0.1) is 12.1 Å². The molecule has 0 spiro atoms. The van der Waals surface area contributed by atoms with Crippen molar-refractivity contribution in [1.29, 1.82) is 0 Å². The number of rotatable bonds is 8. The summed E-state index contributed by atoms with van der Waals surface area (Å²) >= 11 is 0. The minimum atomic E-state index is -0.221. The van der Waals surface area contributed by atoms with E-state index in [9.17, 15) is 9.18 Å². The van der Waals surface area contributed by atoms with Crippen LogP contribution in [0.2, 0.25) is 0 Å². The second kappa shape index (κ2) is 10.9. The number of aryl methyl sites for hydroxylation is 1. The van der Waals surface area contributed by atoms with Gasteiger partial charge < -0.3 is 10.2 Å². The number of carbonyl (C=O) groups is 1. The third kappa shape index (κ3) is 6.14. The van der Waals surface area contributed by atoms with E-state index in [1.807, 2.05) is 24.0 Å². The molecular weight excluding hydrogens is 389 g/mol. The molecule has 2 aromatic rings. The van der Waals surface area contributed by atoms with Crippen LogP contribution in [0.5, 0.6) is 0 Å². The van der Waals surface area contributed by atoms with Gasteiger partial charge in [0, 0.05) is 26.2 Å². The van der Waals surface area contributed by atoms with E-state index in [0.717, 1.165) is 31.6 Å². The van der Waals surface area contributed by atoms with Crippen LogP contribution in [-0.4, -0.2) is 54.5 Å². The van der Waals surface area contributed by atoms with Gasteiger partial charge in [-0.1, -0.05) is 62.7 Å². The number of likely N-dealkylation sites (N-methyl/N-ethyl adjacent to an activating group) is 1. The molecule has 0 aromatic heterocycles. The molecule has 1 amide bonds. The van der Waals surface area contributed by atoms with Crippen molar-refractivity contribution in [2.45, 2.75) is 46.2 Å². The molecule has 3 rings (SSSR count). The number of nitrogens with one attached hydrogen (secondary N) is 1. The Hall–Kier alpha value is -2.24. The summed E-state index contributed by atoms with van der Waals surface area (Å²) in [5.41, 5.74) is 3.49. The molecule has 168 valence electrons. The lowest BCUT2D eigenvalue weighted by molar-refractivity contribution is -0.135. The molecule has 0 radical (unpaired) electrons. The van der Waals surface area contributed by atoms with Gasteiger partial charge in [-0.25, -0.2) is 4.39 Å². The summed E-state index contributed by atoms with van der Waals surface area (Å²) in [6.45, 7) is 12.2. The molecule has 2 unspecified atom stereocenters. The average molecular weight is 426 g/mol. The maximum Gasteiger partial charge on any atom is 0.239 e. The molecule has 31 heavy (non-hydrogen) atoms. The van der Waals surface area contributed by atoms with Crippen molar-refractivity contribution < 1.29 is 9.18 Å². The Morgan fingerprint density at radius 1 is 0.968 bits per heavy atom. The molecule has 1 heterocycles. The zero-order valence-corrected chi connectivity index (χ0v) is 19.3.